The smallest absolute Gasteiger partial charge is 0.191 e. The molecule has 2 saturated heterocycles. The van der Waals surface area contributed by atoms with Crippen LogP contribution in [0.15, 0.2) is 35.3 Å². The van der Waals surface area contributed by atoms with E-state index in [9.17, 15) is 0 Å². The topological polar surface area (TPSA) is 42.9 Å². The third-order valence-electron chi connectivity index (χ3n) is 5.79. The van der Waals surface area contributed by atoms with Gasteiger partial charge in [-0.1, -0.05) is 37.3 Å². The van der Waals surface area contributed by atoms with Crippen LogP contribution in [0, 0.1) is 5.92 Å². The van der Waals surface area contributed by atoms with Crippen LogP contribution in [0.4, 0.5) is 0 Å². The minimum Gasteiger partial charge on any atom is -0.356 e. The quantitative estimate of drug-likeness (QED) is 0.344. The van der Waals surface area contributed by atoms with Crippen LogP contribution in [0.25, 0.3) is 0 Å². The summed E-state index contributed by atoms with van der Waals surface area (Å²) in [7, 11) is 1.88. The third-order valence-corrected chi connectivity index (χ3v) is 5.79. The van der Waals surface area contributed by atoms with Crippen LogP contribution < -0.4 is 10.6 Å². The number of aliphatic imine (C=N–C) groups is 1. The summed E-state index contributed by atoms with van der Waals surface area (Å²) in [6, 6.07) is 11.3. The van der Waals surface area contributed by atoms with Crippen LogP contribution in [0.1, 0.15) is 38.2 Å². The molecular weight excluding hydrogens is 461 g/mol. The van der Waals surface area contributed by atoms with E-state index in [1.54, 1.807) is 0 Å². The number of hydrogen-bond donors (Lipinski definition) is 2. The Bertz CT molecular complexity index is 566. The summed E-state index contributed by atoms with van der Waals surface area (Å²) in [5.41, 5.74) is 1.41. The van der Waals surface area contributed by atoms with Crippen LogP contribution >= 0.6 is 24.0 Å². The van der Waals surface area contributed by atoms with Gasteiger partial charge in [-0.15, -0.1) is 24.0 Å². The first-order chi connectivity index (χ1) is 13.2. The van der Waals surface area contributed by atoms with Gasteiger partial charge in [-0.2, -0.15) is 0 Å². The minimum absolute atomic E-state index is 0. The van der Waals surface area contributed by atoms with Crippen molar-refractivity contribution in [2.45, 2.75) is 45.2 Å². The highest BCUT2D eigenvalue weighted by Crippen LogP contribution is 2.14. The zero-order valence-electron chi connectivity index (χ0n) is 17.6. The van der Waals surface area contributed by atoms with E-state index in [1.807, 2.05) is 7.05 Å². The summed E-state index contributed by atoms with van der Waals surface area (Å²) in [5.74, 6) is 1.61. The number of likely N-dealkylation sites (tertiary alicyclic amines) is 2. The SMILES string of the molecule is CN=C(NCC(C)CN1CCCC1)NC1CCN(Cc2ccccc2)CC1.I. The molecule has 1 atom stereocenters. The lowest BCUT2D eigenvalue weighted by Gasteiger charge is -2.33. The molecule has 2 N–H and O–H groups in total. The van der Waals surface area contributed by atoms with Crippen molar-refractivity contribution >= 4 is 29.9 Å². The fourth-order valence-corrected chi connectivity index (χ4v) is 4.21. The standard InChI is InChI=1S/C22H37N5.HI/c1-19(17-26-12-6-7-13-26)16-24-22(23-2)25-21-10-14-27(15-11-21)18-20-8-4-3-5-9-20;/h3-5,8-9,19,21H,6-7,10-18H2,1-2H3,(H2,23,24,25);1H. The van der Waals surface area contributed by atoms with Crippen molar-refractivity contribution in [1.29, 1.82) is 0 Å². The number of benzene rings is 1. The molecule has 3 rings (SSSR count). The summed E-state index contributed by atoms with van der Waals surface area (Å²) in [4.78, 5) is 9.59. The highest BCUT2D eigenvalue weighted by molar-refractivity contribution is 14.0. The maximum Gasteiger partial charge on any atom is 0.191 e. The number of rotatable bonds is 7. The van der Waals surface area contributed by atoms with Crippen LogP contribution in [0.2, 0.25) is 0 Å². The van der Waals surface area contributed by atoms with Gasteiger partial charge in [0.25, 0.3) is 0 Å². The van der Waals surface area contributed by atoms with Gasteiger partial charge in [-0.3, -0.25) is 9.89 Å². The molecule has 0 bridgehead atoms. The predicted molar refractivity (Wildman–Crippen MR) is 129 cm³/mol. The number of guanidine groups is 1. The molecule has 28 heavy (non-hydrogen) atoms. The van der Waals surface area contributed by atoms with Crippen LogP contribution in [-0.4, -0.2) is 68.1 Å². The Balaban J connectivity index is 0.00000280. The molecule has 2 aliphatic heterocycles. The molecule has 2 aliphatic rings. The summed E-state index contributed by atoms with van der Waals surface area (Å²) in [5, 5.41) is 7.18. The Hall–Kier alpha value is -0.860. The van der Waals surface area contributed by atoms with Crippen LogP contribution in [0.5, 0.6) is 0 Å². The first kappa shape index (κ1) is 23.4. The lowest BCUT2D eigenvalue weighted by Crippen LogP contribution is -2.49. The molecule has 0 aromatic heterocycles. The van der Waals surface area contributed by atoms with Gasteiger partial charge in [-0.05, 0) is 50.3 Å². The van der Waals surface area contributed by atoms with Gasteiger partial charge in [0.15, 0.2) is 5.96 Å². The Kier molecular flexibility index (Phi) is 10.6. The van der Waals surface area contributed by atoms with Gasteiger partial charge < -0.3 is 15.5 Å². The molecule has 1 aromatic rings. The second-order valence-electron chi connectivity index (χ2n) is 8.25. The van der Waals surface area contributed by atoms with Crippen molar-refractivity contribution in [3.8, 4) is 0 Å². The van der Waals surface area contributed by atoms with E-state index in [0.29, 0.717) is 12.0 Å². The lowest BCUT2D eigenvalue weighted by molar-refractivity contribution is 0.198. The zero-order chi connectivity index (χ0) is 18.9. The molecule has 2 fully saturated rings. The van der Waals surface area contributed by atoms with E-state index in [0.717, 1.165) is 32.1 Å². The van der Waals surface area contributed by atoms with E-state index in [1.165, 1.54) is 50.9 Å². The van der Waals surface area contributed by atoms with E-state index < -0.39 is 0 Å². The second kappa shape index (κ2) is 12.6. The summed E-state index contributed by atoms with van der Waals surface area (Å²) in [6.07, 6.45) is 5.09. The van der Waals surface area contributed by atoms with E-state index in [4.69, 9.17) is 0 Å². The van der Waals surface area contributed by atoms with Crippen molar-refractivity contribution in [2.75, 3.05) is 46.3 Å². The number of nitrogens with one attached hydrogen (secondary N) is 2. The normalized spacial score (nSPS) is 20.6. The highest BCUT2D eigenvalue weighted by atomic mass is 127. The molecule has 1 unspecified atom stereocenters. The Morgan fingerprint density at radius 2 is 1.75 bits per heavy atom. The molecule has 0 spiro atoms. The van der Waals surface area contributed by atoms with Gasteiger partial charge in [0.2, 0.25) is 0 Å². The molecular formula is C22H38IN5. The van der Waals surface area contributed by atoms with Crippen molar-refractivity contribution in [1.82, 2.24) is 20.4 Å². The largest absolute Gasteiger partial charge is 0.356 e. The van der Waals surface area contributed by atoms with Crippen LogP contribution in [-0.2, 0) is 6.54 Å². The average Bonchev–Trinajstić information content (AvgIpc) is 3.20. The Labute approximate surface area is 188 Å². The number of piperidine rings is 1. The molecule has 0 aliphatic carbocycles. The van der Waals surface area contributed by atoms with Crippen molar-refractivity contribution in [3.05, 3.63) is 35.9 Å². The third kappa shape index (κ3) is 7.87. The van der Waals surface area contributed by atoms with Crippen molar-refractivity contribution in [2.24, 2.45) is 10.9 Å². The first-order valence-corrected chi connectivity index (χ1v) is 10.7. The fourth-order valence-electron chi connectivity index (χ4n) is 4.21. The molecule has 2 heterocycles. The predicted octanol–water partition coefficient (Wildman–Crippen LogP) is 3.17. The van der Waals surface area contributed by atoms with Gasteiger partial charge in [-0.25, -0.2) is 0 Å². The molecule has 5 nitrogen and oxygen atoms in total. The van der Waals surface area contributed by atoms with Crippen molar-refractivity contribution < 1.29 is 0 Å². The highest BCUT2D eigenvalue weighted by Gasteiger charge is 2.20. The Morgan fingerprint density at radius 1 is 1.07 bits per heavy atom. The molecule has 0 radical (unpaired) electrons. The van der Waals surface area contributed by atoms with Gasteiger partial charge in [0.1, 0.15) is 0 Å². The second-order valence-corrected chi connectivity index (χ2v) is 8.25. The zero-order valence-corrected chi connectivity index (χ0v) is 19.9. The minimum atomic E-state index is 0. The maximum absolute atomic E-state index is 4.44. The summed E-state index contributed by atoms with van der Waals surface area (Å²) >= 11 is 0. The summed E-state index contributed by atoms with van der Waals surface area (Å²) < 4.78 is 0. The molecule has 6 heteroatoms. The summed E-state index contributed by atoms with van der Waals surface area (Å²) in [6.45, 7) is 10.4. The van der Waals surface area contributed by atoms with Gasteiger partial charge >= 0.3 is 0 Å². The number of nitrogens with zero attached hydrogens (tertiary/aromatic N) is 3. The number of hydrogen-bond acceptors (Lipinski definition) is 3. The maximum atomic E-state index is 4.44. The van der Waals surface area contributed by atoms with Crippen LogP contribution in [0.3, 0.4) is 0 Å². The molecule has 0 amide bonds. The van der Waals surface area contributed by atoms with Gasteiger partial charge in [0, 0.05) is 45.8 Å². The Morgan fingerprint density at radius 3 is 2.39 bits per heavy atom. The first-order valence-electron chi connectivity index (χ1n) is 10.7. The van der Waals surface area contributed by atoms with E-state index >= 15 is 0 Å². The van der Waals surface area contributed by atoms with E-state index in [2.05, 4.69) is 62.7 Å². The van der Waals surface area contributed by atoms with Crippen molar-refractivity contribution in [3.63, 3.8) is 0 Å². The molecule has 0 saturated carbocycles. The molecule has 1 aromatic carbocycles. The number of halogens is 1. The van der Waals surface area contributed by atoms with Gasteiger partial charge in [0.05, 0.1) is 0 Å². The van der Waals surface area contributed by atoms with E-state index in [-0.39, 0.29) is 24.0 Å². The average molecular weight is 499 g/mol. The lowest BCUT2D eigenvalue weighted by atomic mass is 10.0. The molecule has 158 valence electrons. The fraction of sp³-hybridized carbons (Fsp3) is 0.682. The monoisotopic (exact) mass is 499 g/mol.